The van der Waals surface area contributed by atoms with Crippen LogP contribution in [0.2, 0.25) is 0 Å². The van der Waals surface area contributed by atoms with Gasteiger partial charge >= 0.3 is 0 Å². The molecule has 1 saturated carbocycles. The molecule has 1 heterocycles. The van der Waals surface area contributed by atoms with E-state index in [2.05, 4.69) is 19.1 Å². The van der Waals surface area contributed by atoms with Crippen LogP contribution in [0.25, 0.3) is 0 Å². The quantitative estimate of drug-likeness (QED) is 0.195. The third-order valence-electron chi connectivity index (χ3n) is 6.97. The van der Waals surface area contributed by atoms with E-state index in [1.807, 2.05) is 0 Å². The van der Waals surface area contributed by atoms with Gasteiger partial charge in [0.2, 0.25) is 0 Å². The van der Waals surface area contributed by atoms with E-state index in [0.29, 0.717) is 12.8 Å². The lowest BCUT2D eigenvalue weighted by atomic mass is 9.75. The second kappa shape index (κ2) is 13.3. The maximum absolute atomic E-state index is 10.7. The van der Waals surface area contributed by atoms with Crippen LogP contribution in [-0.4, -0.2) is 61.3 Å². The molecule has 1 saturated heterocycles. The molecule has 6 heteroatoms. The molecule has 0 aromatic heterocycles. The summed E-state index contributed by atoms with van der Waals surface area (Å²) >= 11 is 0. The summed E-state index contributed by atoms with van der Waals surface area (Å²) in [5.74, 6) is -1.85. The molecule has 1 aliphatic heterocycles. The van der Waals surface area contributed by atoms with E-state index in [4.69, 9.17) is 4.74 Å². The van der Waals surface area contributed by atoms with E-state index in [-0.39, 0.29) is 19.3 Å². The SMILES string of the molecule is CCCCCC/C=C\CCCCCCCC(O)C[C@H]1CC2(O)C[C@H](O)[C@H](O)CC2(O)O1. The Labute approximate surface area is 188 Å². The number of aliphatic hydroxyl groups is 5. The number of fused-ring (bicyclic) bond motifs is 1. The molecular weight excluding hydrogens is 396 g/mol. The lowest BCUT2D eigenvalue weighted by Gasteiger charge is -2.44. The van der Waals surface area contributed by atoms with Crippen molar-refractivity contribution in [3.8, 4) is 0 Å². The van der Waals surface area contributed by atoms with Gasteiger partial charge in [0, 0.05) is 19.3 Å². The molecule has 6 atom stereocenters. The van der Waals surface area contributed by atoms with Gasteiger partial charge in [-0.25, -0.2) is 0 Å². The molecule has 2 aliphatic rings. The van der Waals surface area contributed by atoms with Gasteiger partial charge in [-0.05, 0) is 38.5 Å². The molecule has 31 heavy (non-hydrogen) atoms. The van der Waals surface area contributed by atoms with E-state index < -0.39 is 35.8 Å². The Balaban J connectivity index is 1.50. The molecule has 2 fully saturated rings. The number of aliphatic hydroxyl groups excluding tert-OH is 3. The topological polar surface area (TPSA) is 110 Å². The van der Waals surface area contributed by atoms with Crippen LogP contribution in [0.1, 0.15) is 110 Å². The lowest BCUT2D eigenvalue weighted by Crippen LogP contribution is -2.60. The highest BCUT2D eigenvalue weighted by Gasteiger charge is 2.63. The molecule has 0 amide bonds. The Hall–Kier alpha value is -0.500. The van der Waals surface area contributed by atoms with Crippen LogP contribution in [0.15, 0.2) is 12.2 Å². The van der Waals surface area contributed by atoms with Gasteiger partial charge in [0.25, 0.3) is 0 Å². The van der Waals surface area contributed by atoms with Crippen LogP contribution < -0.4 is 0 Å². The normalized spacial score (nSPS) is 34.3. The van der Waals surface area contributed by atoms with Crippen molar-refractivity contribution in [3.63, 3.8) is 0 Å². The van der Waals surface area contributed by atoms with Gasteiger partial charge in [-0.3, -0.25) is 0 Å². The predicted molar refractivity (Wildman–Crippen MR) is 121 cm³/mol. The third-order valence-corrected chi connectivity index (χ3v) is 6.97. The van der Waals surface area contributed by atoms with Gasteiger partial charge in [0.1, 0.15) is 5.60 Å². The zero-order valence-corrected chi connectivity index (χ0v) is 19.4. The molecular formula is C25H46O6. The molecule has 0 spiro atoms. The summed E-state index contributed by atoms with van der Waals surface area (Å²) in [4.78, 5) is 0. The van der Waals surface area contributed by atoms with Crippen molar-refractivity contribution in [1.82, 2.24) is 0 Å². The molecule has 0 bridgehead atoms. The highest BCUT2D eigenvalue weighted by atomic mass is 16.7. The molecule has 2 rings (SSSR count). The maximum Gasteiger partial charge on any atom is 0.197 e. The fourth-order valence-corrected chi connectivity index (χ4v) is 5.00. The largest absolute Gasteiger partial charge is 0.393 e. The fourth-order valence-electron chi connectivity index (χ4n) is 5.00. The first kappa shape index (κ1) is 26.7. The minimum absolute atomic E-state index is 0.120. The summed E-state index contributed by atoms with van der Waals surface area (Å²) in [5, 5.41) is 51.3. The second-order valence-electron chi connectivity index (χ2n) is 9.86. The van der Waals surface area contributed by atoms with Crippen molar-refractivity contribution in [1.29, 1.82) is 0 Å². The summed E-state index contributed by atoms with van der Waals surface area (Å²) < 4.78 is 5.63. The lowest BCUT2D eigenvalue weighted by molar-refractivity contribution is -0.304. The van der Waals surface area contributed by atoms with E-state index in [1.165, 1.54) is 51.4 Å². The molecule has 0 aromatic carbocycles. The third kappa shape index (κ3) is 8.41. The number of hydrogen-bond donors (Lipinski definition) is 5. The Kier molecular flexibility index (Phi) is 11.4. The van der Waals surface area contributed by atoms with Gasteiger partial charge in [-0.15, -0.1) is 0 Å². The molecule has 3 unspecified atom stereocenters. The van der Waals surface area contributed by atoms with Crippen LogP contribution in [0.5, 0.6) is 0 Å². The van der Waals surface area contributed by atoms with Crippen molar-refractivity contribution in [3.05, 3.63) is 12.2 Å². The molecule has 0 radical (unpaired) electrons. The Morgan fingerprint density at radius 2 is 1.42 bits per heavy atom. The fraction of sp³-hybridized carbons (Fsp3) is 0.920. The standard InChI is InChI=1S/C25H46O6/c1-2-3-4-5-6-7-8-9-10-11-12-13-14-15-20(26)16-21-17-24(29)18-22(27)23(28)19-25(24,30)31-21/h7-8,20-23,26-30H,2-6,9-19H2,1H3/b8-7-/t20?,21-,22-,23+,24?,25?/m0/s1. The van der Waals surface area contributed by atoms with Crippen molar-refractivity contribution in [2.75, 3.05) is 0 Å². The summed E-state index contributed by atoms with van der Waals surface area (Å²) in [5.41, 5.74) is -1.57. The second-order valence-corrected chi connectivity index (χ2v) is 9.86. The van der Waals surface area contributed by atoms with Crippen molar-refractivity contribution in [2.45, 2.75) is 145 Å². The van der Waals surface area contributed by atoms with Gasteiger partial charge in [-0.2, -0.15) is 0 Å². The summed E-state index contributed by atoms with van der Waals surface area (Å²) in [6.45, 7) is 2.24. The first-order valence-electron chi connectivity index (χ1n) is 12.6. The molecule has 1 aliphatic carbocycles. The van der Waals surface area contributed by atoms with Gasteiger partial charge in [-0.1, -0.05) is 64.0 Å². The molecule has 0 aromatic rings. The average Bonchev–Trinajstić information content (AvgIpc) is 2.94. The summed E-state index contributed by atoms with van der Waals surface area (Å²) in [6, 6.07) is 0. The van der Waals surface area contributed by atoms with Crippen molar-refractivity contribution in [2.24, 2.45) is 0 Å². The summed E-state index contributed by atoms with van der Waals surface area (Å²) in [6.07, 6.45) is 15.6. The predicted octanol–water partition coefficient (Wildman–Crippen LogP) is 3.72. The monoisotopic (exact) mass is 442 g/mol. The van der Waals surface area contributed by atoms with E-state index >= 15 is 0 Å². The van der Waals surface area contributed by atoms with Crippen molar-refractivity contribution >= 4 is 0 Å². The van der Waals surface area contributed by atoms with Crippen LogP contribution >= 0.6 is 0 Å². The Morgan fingerprint density at radius 1 is 0.839 bits per heavy atom. The first-order valence-corrected chi connectivity index (χ1v) is 12.6. The Morgan fingerprint density at radius 3 is 2.10 bits per heavy atom. The number of ether oxygens (including phenoxy) is 1. The first-order chi connectivity index (χ1) is 14.8. The average molecular weight is 443 g/mol. The molecule has 182 valence electrons. The number of rotatable bonds is 15. The molecule has 6 nitrogen and oxygen atoms in total. The van der Waals surface area contributed by atoms with Crippen LogP contribution in [0.3, 0.4) is 0 Å². The van der Waals surface area contributed by atoms with Gasteiger partial charge in [0.15, 0.2) is 5.79 Å². The van der Waals surface area contributed by atoms with Gasteiger partial charge in [0.05, 0.1) is 24.4 Å². The highest BCUT2D eigenvalue weighted by molar-refractivity contribution is 5.08. The van der Waals surface area contributed by atoms with E-state index in [0.717, 1.165) is 19.3 Å². The minimum Gasteiger partial charge on any atom is -0.393 e. The maximum atomic E-state index is 10.7. The minimum atomic E-state index is -1.85. The van der Waals surface area contributed by atoms with E-state index in [9.17, 15) is 25.5 Å². The molecule has 5 N–H and O–H groups in total. The van der Waals surface area contributed by atoms with Crippen LogP contribution in [-0.2, 0) is 4.74 Å². The highest BCUT2D eigenvalue weighted by Crippen LogP contribution is 2.48. The summed E-state index contributed by atoms with van der Waals surface area (Å²) in [7, 11) is 0. The van der Waals surface area contributed by atoms with Crippen LogP contribution in [0.4, 0.5) is 0 Å². The smallest absolute Gasteiger partial charge is 0.197 e. The van der Waals surface area contributed by atoms with Gasteiger partial charge < -0.3 is 30.3 Å². The van der Waals surface area contributed by atoms with Crippen molar-refractivity contribution < 1.29 is 30.3 Å². The van der Waals surface area contributed by atoms with Crippen LogP contribution in [0, 0.1) is 0 Å². The zero-order chi connectivity index (χ0) is 22.7. The number of allylic oxidation sites excluding steroid dienone is 2. The zero-order valence-electron chi connectivity index (χ0n) is 19.4. The van der Waals surface area contributed by atoms with E-state index in [1.54, 1.807) is 0 Å². The number of unbranched alkanes of at least 4 members (excludes halogenated alkanes) is 9. The number of hydrogen-bond acceptors (Lipinski definition) is 6. The Bertz CT molecular complexity index is 502.